The van der Waals surface area contributed by atoms with E-state index in [1.807, 2.05) is 5.38 Å². The van der Waals surface area contributed by atoms with Crippen molar-refractivity contribution < 1.29 is 4.79 Å². The number of carbonyl (C=O) groups is 1. The second kappa shape index (κ2) is 7.22. The first-order valence-electron chi connectivity index (χ1n) is 7.70. The van der Waals surface area contributed by atoms with E-state index >= 15 is 0 Å². The molecule has 1 aliphatic heterocycles. The SMILES string of the molecule is CCN1CCc2c(C#N)csc2C1NC(=O)Nc1ccc(Cl)cc1. The number of fused-ring (bicyclic) bond motifs is 1. The molecule has 24 heavy (non-hydrogen) atoms. The molecule has 2 amide bonds. The maximum Gasteiger partial charge on any atom is 0.320 e. The monoisotopic (exact) mass is 360 g/mol. The van der Waals surface area contributed by atoms with Gasteiger partial charge in [-0.2, -0.15) is 5.26 Å². The molecule has 5 nitrogen and oxygen atoms in total. The fourth-order valence-electron chi connectivity index (χ4n) is 2.85. The lowest BCUT2D eigenvalue weighted by atomic mass is 10.0. The Hall–Kier alpha value is -2.07. The average Bonchev–Trinajstić information content (AvgIpc) is 3.01. The molecule has 0 bridgehead atoms. The van der Waals surface area contributed by atoms with Crippen LogP contribution in [0, 0.1) is 11.3 Å². The van der Waals surface area contributed by atoms with E-state index in [9.17, 15) is 10.1 Å². The van der Waals surface area contributed by atoms with E-state index in [0.29, 0.717) is 10.7 Å². The van der Waals surface area contributed by atoms with Crippen LogP contribution >= 0.6 is 22.9 Å². The van der Waals surface area contributed by atoms with Crippen molar-refractivity contribution in [2.45, 2.75) is 19.5 Å². The van der Waals surface area contributed by atoms with Crippen molar-refractivity contribution in [1.82, 2.24) is 10.2 Å². The van der Waals surface area contributed by atoms with Gasteiger partial charge in [-0.15, -0.1) is 11.3 Å². The molecule has 7 heteroatoms. The summed E-state index contributed by atoms with van der Waals surface area (Å²) >= 11 is 7.38. The molecule has 1 atom stereocenters. The van der Waals surface area contributed by atoms with Crippen molar-refractivity contribution in [2.75, 3.05) is 18.4 Å². The third-order valence-electron chi connectivity index (χ3n) is 4.09. The van der Waals surface area contributed by atoms with Gasteiger partial charge >= 0.3 is 6.03 Å². The summed E-state index contributed by atoms with van der Waals surface area (Å²) in [6.45, 7) is 3.71. The number of nitrogens with zero attached hydrogens (tertiary/aromatic N) is 2. The largest absolute Gasteiger partial charge is 0.320 e. The number of halogens is 1. The lowest BCUT2D eigenvalue weighted by Gasteiger charge is -2.35. The molecule has 2 aromatic rings. The minimum Gasteiger partial charge on any atom is -0.317 e. The summed E-state index contributed by atoms with van der Waals surface area (Å²) < 4.78 is 0. The number of likely N-dealkylation sites (N-methyl/N-ethyl adjacent to an activating group) is 1. The normalized spacial score (nSPS) is 17.0. The van der Waals surface area contributed by atoms with Crippen LogP contribution in [-0.2, 0) is 6.42 Å². The fraction of sp³-hybridized carbons (Fsp3) is 0.294. The Balaban J connectivity index is 1.77. The van der Waals surface area contributed by atoms with Crippen LogP contribution in [0.25, 0.3) is 0 Å². The number of nitrogens with one attached hydrogen (secondary N) is 2. The summed E-state index contributed by atoms with van der Waals surface area (Å²) in [5.41, 5.74) is 2.46. The first-order valence-corrected chi connectivity index (χ1v) is 8.95. The molecule has 2 N–H and O–H groups in total. The zero-order valence-corrected chi connectivity index (χ0v) is 14.7. The van der Waals surface area contributed by atoms with Crippen LogP contribution in [0.3, 0.4) is 0 Å². The number of hydrogen-bond acceptors (Lipinski definition) is 4. The molecule has 1 aromatic carbocycles. The summed E-state index contributed by atoms with van der Waals surface area (Å²) in [7, 11) is 0. The minimum atomic E-state index is -0.277. The Morgan fingerprint density at radius 1 is 1.46 bits per heavy atom. The zero-order valence-electron chi connectivity index (χ0n) is 13.2. The molecule has 1 aliphatic rings. The highest BCUT2D eigenvalue weighted by molar-refractivity contribution is 7.10. The van der Waals surface area contributed by atoms with Gasteiger partial charge in [0.15, 0.2) is 0 Å². The molecular weight excluding hydrogens is 344 g/mol. The number of carbonyl (C=O) groups excluding carboxylic acids is 1. The van der Waals surface area contributed by atoms with E-state index in [-0.39, 0.29) is 12.2 Å². The zero-order chi connectivity index (χ0) is 17.1. The third-order valence-corrected chi connectivity index (χ3v) is 5.41. The number of amides is 2. The second-order valence-electron chi connectivity index (χ2n) is 5.49. The van der Waals surface area contributed by atoms with Gasteiger partial charge in [-0.25, -0.2) is 4.79 Å². The Morgan fingerprint density at radius 2 is 2.21 bits per heavy atom. The highest BCUT2D eigenvalue weighted by Gasteiger charge is 2.30. The van der Waals surface area contributed by atoms with Gasteiger partial charge in [0.2, 0.25) is 0 Å². The maximum atomic E-state index is 12.4. The highest BCUT2D eigenvalue weighted by Crippen LogP contribution is 2.34. The molecule has 124 valence electrons. The Kier molecular flexibility index (Phi) is 5.05. The van der Waals surface area contributed by atoms with E-state index in [0.717, 1.165) is 35.5 Å². The summed E-state index contributed by atoms with van der Waals surface area (Å²) in [5.74, 6) is 0. The number of benzene rings is 1. The van der Waals surface area contributed by atoms with Crippen LogP contribution in [0.5, 0.6) is 0 Å². The van der Waals surface area contributed by atoms with Crippen LogP contribution in [-0.4, -0.2) is 24.0 Å². The van der Waals surface area contributed by atoms with E-state index < -0.39 is 0 Å². The molecule has 0 saturated carbocycles. The summed E-state index contributed by atoms with van der Waals surface area (Å²) in [6.07, 6.45) is 0.630. The van der Waals surface area contributed by atoms with Gasteiger partial charge < -0.3 is 10.6 Å². The lowest BCUT2D eigenvalue weighted by Crippen LogP contribution is -2.46. The van der Waals surface area contributed by atoms with E-state index in [1.54, 1.807) is 24.3 Å². The standard InChI is InChI=1S/C17H17ClN4OS/c1-2-22-8-7-14-11(9-19)10-24-15(14)16(22)21-17(23)20-13-5-3-12(18)4-6-13/h3-6,10,16H,2,7-8H2,1H3,(H2,20,21,23). The molecule has 3 rings (SSSR count). The predicted molar refractivity (Wildman–Crippen MR) is 96.3 cm³/mol. The van der Waals surface area contributed by atoms with Gasteiger partial charge in [0, 0.05) is 27.5 Å². The Bertz CT molecular complexity index is 781. The first-order chi connectivity index (χ1) is 11.6. The number of thiophene rings is 1. The topological polar surface area (TPSA) is 68.2 Å². The van der Waals surface area contributed by atoms with Crippen molar-refractivity contribution in [3.8, 4) is 6.07 Å². The molecule has 0 saturated heterocycles. The maximum absolute atomic E-state index is 12.4. The summed E-state index contributed by atoms with van der Waals surface area (Å²) in [6, 6.07) is 8.93. The molecule has 1 aromatic heterocycles. The Morgan fingerprint density at radius 3 is 2.88 bits per heavy atom. The van der Waals surface area contributed by atoms with Crippen molar-refractivity contribution in [3.05, 3.63) is 50.7 Å². The molecule has 0 fully saturated rings. The van der Waals surface area contributed by atoms with Gasteiger partial charge in [-0.3, -0.25) is 4.90 Å². The molecule has 0 aliphatic carbocycles. The highest BCUT2D eigenvalue weighted by atomic mass is 35.5. The van der Waals surface area contributed by atoms with E-state index in [2.05, 4.69) is 28.5 Å². The van der Waals surface area contributed by atoms with Gasteiger partial charge in [-0.05, 0) is 42.8 Å². The van der Waals surface area contributed by atoms with Gasteiger partial charge in [-0.1, -0.05) is 18.5 Å². The lowest BCUT2D eigenvalue weighted by molar-refractivity contribution is 0.169. The van der Waals surface area contributed by atoms with Gasteiger partial charge in [0.25, 0.3) is 0 Å². The van der Waals surface area contributed by atoms with E-state index in [1.165, 1.54) is 11.3 Å². The molecule has 2 heterocycles. The molecular formula is C17H17ClN4OS. The van der Waals surface area contributed by atoms with Crippen molar-refractivity contribution in [3.63, 3.8) is 0 Å². The van der Waals surface area contributed by atoms with Gasteiger partial charge in [0.1, 0.15) is 12.2 Å². The number of rotatable bonds is 3. The molecule has 1 unspecified atom stereocenters. The van der Waals surface area contributed by atoms with Crippen molar-refractivity contribution in [1.29, 1.82) is 5.26 Å². The van der Waals surface area contributed by atoms with Crippen LogP contribution < -0.4 is 10.6 Å². The van der Waals surface area contributed by atoms with Crippen LogP contribution in [0.1, 0.15) is 29.1 Å². The summed E-state index contributed by atoms with van der Waals surface area (Å²) in [4.78, 5) is 15.6. The summed E-state index contributed by atoms with van der Waals surface area (Å²) in [5, 5.41) is 17.6. The van der Waals surface area contributed by atoms with Crippen LogP contribution in [0.15, 0.2) is 29.6 Å². The average molecular weight is 361 g/mol. The second-order valence-corrected chi connectivity index (χ2v) is 6.84. The smallest absolute Gasteiger partial charge is 0.317 e. The fourth-order valence-corrected chi connectivity index (χ4v) is 4.11. The first kappa shape index (κ1) is 16.8. The van der Waals surface area contributed by atoms with Gasteiger partial charge in [0.05, 0.1) is 5.56 Å². The van der Waals surface area contributed by atoms with Crippen molar-refractivity contribution in [2.24, 2.45) is 0 Å². The minimum absolute atomic E-state index is 0.210. The quantitative estimate of drug-likeness (QED) is 0.870. The molecule has 0 radical (unpaired) electrons. The predicted octanol–water partition coefficient (Wildman–Crippen LogP) is 3.97. The number of anilines is 1. The van der Waals surface area contributed by atoms with Crippen molar-refractivity contribution >= 4 is 34.7 Å². The third kappa shape index (κ3) is 3.39. The van der Waals surface area contributed by atoms with Crippen LogP contribution in [0.4, 0.5) is 10.5 Å². The van der Waals surface area contributed by atoms with Crippen LogP contribution in [0.2, 0.25) is 5.02 Å². The number of hydrogen-bond donors (Lipinski definition) is 2. The Labute approximate surface area is 149 Å². The number of nitriles is 1. The number of urea groups is 1. The molecule has 0 spiro atoms. The van der Waals surface area contributed by atoms with E-state index in [4.69, 9.17) is 11.6 Å².